The third-order valence-corrected chi connectivity index (χ3v) is 3.19. The Morgan fingerprint density at radius 1 is 1.25 bits per heavy atom. The van der Waals surface area contributed by atoms with E-state index in [1.807, 2.05) is 12.1 Å². The van der Waals surface area contributed by atoms with Gasteiger partial charge in [0.1, 0.15) is 11.5 Å². The maximum absolute atomic E-state index is 6.01. The van der Waals surface area contributed by atoms with Crippen LogP contribution in [0.25, 0.3) is 0 Å². The molecule has 92 valence electrons. The molecule has 0 aliphatic rings. The van der Waals surface area contributed by atoms with Crippen LogP contribution in [0.5, 0.6) is 11.5 Å². The molecule has 5 heteroatoms. The van der Waals surface area contributed by atoms with Gasteiger partial charge in [0.25, 0.3) is 0 Å². The molecule has 1 rings (SSSR count). The lowest BCUT2D eigenvalue weighted by Gasteiger charge is -2.16. The van der Waals surface area contributed by atoms with Gasteiger partial charge in [-0.05, 0) is 41.1 Å². The van der Waals surface area contributed by atoms with Crippen molar-refractivity contribution in [2.24, 2.45) is 5.73 Å². The zero-order valence-electron chi connectivity index (χ0n) is 9.62. The summed E-state index contributed by atoms with van der Waals surface area (Å²) in [7, 11) is 3.31. The molecular weight excluding hydrogens is 340 g/mol. The van der Waals surface area contributed by atoms with E-state index in [9.17, 15) is 0 Å². The summed E-state index contributed by atoms with van der Waals surface area (Å²) in [6.45, 7) is 2.05. The van der Waals surface area contributed by atoms with E-state index >= 15 is 0 Å². The number of benzene rings is 1. The highest BCUT2D eigenvalue weighted by atomic mass is 127. The molecule has 0 amide bonds. The Balaban J connectivity index is 0.00000225. The van der Waals surface area contributed by atoms with Gasteiger partial charge < -0.3 is 15.2 Å². The van der Waals surface area contributed by atoms with Crippen LogP contribution in [-0.2, 0) is 0 Å². The molecule has 2 N–H and O–H groups in total. The summed E-state index contributed by atoms with van der Waals surface area (Å²) in [5, 5.41) is 0. The number of hydrogen-bond acceptors (Lipinski definition) is 3. The van der Waals surface area contributed by atoms with E-state index in [1.54, 1.807) is 14.2 Å². The van der Waals surface area contributed by atoms with Gasteiger partial charge in [-0.1, -0.05) is 6.92 Å². The Labute approximate surface area is 116 Å². The van der Waals surface area contributed by atoms with Crippen LogP contribution in [0.15, 0.2) is 12.1 Å². The first-order valence-corrected chi connectivity index (χ1v) is 5.88. The van der Waals surface area contributed by atoms with Crippen molar-refractivity contribution in [3.05, 3.63) is 21.3 Å². The largest absolute Gasteiger partial charge is 0.496 e. The fourth-order valence-corrected chi connectivity index (χ4v) is 2.05. The molecule has 0 fully saturated rings. The summed E-state index contributed by atoms with van der Waals surface area (Å²) in [5.74, 6) is 1.67. The molecule has 0 saturated heterocycles. The SMILES string of the molecule is CC[C@@H](N)c1cc(OC)c(I)cc1OC.Cl. The first-order valence-electron chi connectivity index (χ1n) is 4.81. The van der Waals surface area contributed by atoms with Gasteiger partial charge in [0, 0.05) is 11.6 Å². The van der Waals surface area contributed by atoms with Crippen molar-refractivity contribution in [3.63, 3.8) is 0 Å². The van der Waals surface area contributed by atoms with Crippen molar-refractivity contribution in [3.8, 4) is 11.5 Å². The monoisotopic (exact) mass is 357 g/mol. The molecule has 0 radical (unpaired) electrons. The second-order valence-corrected chi connectivity index (χ2v) is 4.41. The highest BCUT2D eigenvalue weighted by Crippen LogP contribution is 2.33. The third kappa shape index (κ3) is 3.40. The molecule has 16 heavy (non-hydrogen) atoms. The first kappa shape index (κ1) is 15.8. The average molecular weight is 358 g/mol. The molecule has 1 aromatic rings. The summed E-state index contributed by atoms with van der Waals surface area (Å²) in [5.41, 5.74) is 7.00. The van der Waals surface area contributed by atoms with Gasteiger partial charge in [0.05, 0.1) is 17.8 Å². The number of halogens is 2. The van der Waals surface area contributed by atoms with Gasteiger partial charge in [-0.3, -0.25) is 0 Å². The normalized spacial score (nSPS) is 11.6. The lowest BCUT2D eigenvalue weighted by molar-refractivity contribution is 0.392. The summed E-state index contributed by atoms with van der Waals surface area (Å²) in [6, 6.07) is 3.89. The van der Waals surface area contributed by atoms with Gasteiger partial charge in [-0.25, -0.2) is 0 Å². The van der Waals surface area contributed by atoms with Crippen LogP contribution in [0.3, 0.4) is 0 Å². The average Bonchev–Trinajstić information content (AvgIpc) is 2.27. The van der Waals surface area contributed by atoms with E-state index < -0.39 is 0 Å². The quantitative estimate of drug-likeness (QED) is 0.842. The highest BCUT2D eigenvalue weighted by molar-refractivity contribution is 14.1. The number of rotatable bonds is 4. The minimum atomic E-state index is -0.00847. The maximum atomic E-state index is 6.01. The summed E-state index contributed by atoms with van der Waals surface area (Å²) in [4.78, 5) is 0. The van der Waals surface area contributed by atoms with Crippen molar-refractivity contribution in [1.82, 2.24) is 0 Å². The zero-order chi connectivity index (χ0) is 11.4. The Hall–Kier alpha value is -0.200. The van der Waals surface area contributed by atoms with E-state index in [-0.39, 0.29) is 18.4 Å². The lowest BCUT2D eigenvalue weighted by Crippen LogP contribution is -2.10. The Kier molecular flexibility index (Phi) is 7.10. The number of nitrogens with two attached hydrogens (primary N) is 1. The summed E-state index contributed by atoms with van der Waals surface area (Å²) >= 11 is 2.22. The van der Waals surface area contributed by atoms with Crippen LogP contribution in [0.2, 0.25) is 0 Å². The lowest BCUT2D eigenvalue weighted by atomic mass is 10.0. The molecule has 0 spiro atoms. The smallest absolute Gasteiger partial charge is 0.132 e. The number of hydrogen-bond donors (Lipinski definition) is 1. The standard InChI is InChI=1S/C11H16INO2.ClH/c1-4-9(13)7-5-11(15-3)8(12)6-10(7)14-2;/h5-6,9H,4,13H2,1-3H3;1H/t9-;/m1./s1. The summed E-state index contributed by atoms with van der Waals surface area (Å²) in [6.07, 6.45) is 0.875. The Morgan fingerprint density at radius 3 is 2.25 bits per heavy atom. The predicted molar refractivity (Wildman–Crippen MR) is 76.7 cm³/mol. The second kappa shape index (κ2) is 7.19. The number of methoxy groups -OCH3 is 2. The van der Waals surface area contributed by atoms with Gasteiger partial charge in [-0.2, -0.15) is 0 Å². The van der Waals surface area contributed by atoms with Gasteiger partial charge >= 0.3 is 0 Å². The van der Waals surface area contributed by atoms with Crippen molar-refractivity contribution >= 4 is 35.0 Å². The summed E-state index contributed by atoms with van der Waals surface area (Å²) < 4.78 is 11.6. The van der Waals surface area contributed by atoms with Gasteiger partial charge in [0.2, 0.25) is 0 Å². The Morgan fingerprint density at radius 2 is 1.81 bits per heavy atom. The number of ether oxygens (including phenoxy) is 2. The third-order valence-electron chi connectivity index (χ3n) is 2.34. The van der Waals surface area contributed by atoms with Crippen molar-refractivity contribution in [2.75, 3.05) is 14.2 Å². The fourth-order valence-electron chi connectivity index (χ4n) is 1.39. The first-order chi connectivity index (χ1) is 7.13. The topological polar surface area (TPSA) is 44.5 Å². The molecule has 3 nitrogen and oxygen atoms in total. The van der Waals surface area contributed by atoms with Crippen LogP contribution < -0.4 is 15.2 Å². The fraction of sp³-hybridized carbons (Fsp3) is 0.455. The van der Waals surface area contributed by atoms with E-state index in [0.29, 0.717) is 0 Å². The van der Waals surface area contributed by atoms with Gasteiger partial charge in [-0.15, -0.1) is 12.4 Å². The van der Waals surface area contributed by atoms with E-state index in [2.05, 4.69) is 29.5 Å². The molecule has 0 aliphatic heterocycles. The predicted octanol–water partition coefficient (Wildman–Crippen LogP) is 3.14. The minimum Gasteiger partial charge on any atom is -0.496 e. The molecule has 0 unspecified atom stereocenters. The van der Waals surface area contributed by atoms with Crippen molar-refractivity contribution in [2.45, 2.75) is 19.4 Å². The molecule has 1 atom stereocenters. The zero-order valence-corrected chi connectivity index (χ0v) is 12.6. The van der Waals surface area contributed by atoms with Crippen LogP contribution in [0.4, 0.5) is 0 Å². The molecular formula is C11H17ClINO2. The van der Waals surface area contributed by atoms with Crippen LogP contribution in [0, 0.1) is 3.57 Å². The molecule has 1 aromatic carbocycles. The second-order valence-electron chi connectivity index (χ2n) is 3.24. The molecule has 0 bridgehead atoms. The molecule has 0 aromatic heterocycles. The minimum absolute atomic E-state index is 0. The van der Waals surface area contributed by atoms with E-state index in [1.165, 1.54) is 0 Å². The highest BCUT2D eigenvalue weighted by Gasteiger charge is 2.14. The van der Waals surface area contributed by atoms with Crippen LogP contribution in [0.1, 0.15) is 24.9 Å². The molecule has 0 saturated carbocycles. The van der Waals surface area contributed by atoms with Gasteiger partial charge in [0.15, 0.2) is 0 Å². The maximum Gasteiger partial charge on any atom is 0.132 e. The molecule has 0 aliphatic carbocycles. The van der Waals surface area contributed by atoms with Crippen molar-refractivity contribution in [1.29, 1.82) is 0 Å². The van der Waals surface area contributed by atoms with Crippen LogP contribution in [-0.4, -0.2) is 14.2 Å². The van der Waals surface area contributed by atoms with E-state index in [4.69, 9.17) is 15.2 Å². The van der Waals surface area contributed by atoms with Crippen LogP contribution >= 0.6 is 35.0 Å². The Bertz CT molecular complexity index is 347. The van der Waals surface area contributed by atoms with Crippen molar-refractivity contribution < 1.29 is 9.47 Å². The van der Waals surface area contributed by atoms with E-state index in [0.717, 1.165) is 27.1 Å². The molecule has 0 heterocycles.